The van der Waals surface area contributed by atoms with Gasteiger partial charge in [0.2, 0.25) is 0 Å². The lowest BCUT2D eigenvalue weighted by Gasteiger charge is -2.07. The minimum Gasteiger partial charge on any atom is -0.393 e. The van der Waals surface area contributed by atoms with Crippen LogP contribution in [-0.4, -0.2) is 6.16 Å². The molecule has 5 heteroatoms. The number of halogens is 2. The van der Waals surface area contributed by atoms with Gasteiger partial charge in [0.15, 0.2) is 11.5 Å². The van der Waals surface area contributed by atoms with Crippen molar-refractivity contribution in [3.8, 4) is 11.5 Å². The molecule has 0 radical (unpaired) electrons. The van der Waals surface area contributed by atoms with Gasteiger partial charge in [-0.2, -0.15) is 0 Å². The molecule has 2 aromatic rings. The van der Waals surface area contributed by atoms with Gasteiger partial charge in [-0.3, -0.25) is 0 Å². The Morgan fingerprint density at radius 3 is 1.56 bits per heavy atom. The van der Waals surface area contributed by atoms with Gasteiger partial charge in [0.1, 0.15) is 0 Å². The molecule has 2 aromatic carbocycles. The Kier molecular flexibility index (Phi) is 4.07. The number of para-hydroxylation sites is 2. The molecule has 0 unspecified atom stereocenters. The van der Waals surface area contributed by atoms with Crippen molar-refractivity contribution >= 4 is 29.4 Å². The Bertz CT molecular complexity index is 520. The van der Waals surface area contributed by atoms with E-state index in [4.69, 9.17) is 32.7 Å². The summed E-state index contributed by atoms with van der Waals surface area (Å²) < 4.78 is 9.90. The quantitative estimate of drug-likeness (QED) is 0.598. The maximum absolute atomic E-state index is 11.5. The average molecular weight is 283 g/mol. The zero-order valence-electron chi connectivity index (χ0n) is 9.10. The van der Waals surface area contributed by atoms with Gasteiger partial charge in [-0.05, 0) is 24.3 Å². The molecule has 18 heavy (non-hydrogen) atoms. The highest BCUT2D eigenvalue weighted by molar-refractivity contribution is 6.32. The molecule has 0 aliphatic rings. The second-order valence-corrected chi connectivity index (χ2v) is 4.13. The van der Waals surface area contributed by atoms with Crippen LogP contribution in [0.3, 0.4) is 0 Å². The summed E-state index contributed by atoms with van der Waals surface area (Å²) in [5.74, 6) is 0.465. The van der Waals surface area contributed by atoms with Crippen molar-refractivity contribution in [1.29, 1.82) is 0 Å². The molecule has 0 aromatic heterocycles. The first kappa shape index (κ1) is 12.7. The molecule has 2 rings (SSSR count). The largest absolute Gasteiger partial charge is 0.519 e. The maximum atomic E-state index is 11.5. The molecule has 0 aliphatic carbocycles. The fourth-order valence-corrected chi connectivity index (χ4v) is 1.60. The SMILES string of the molecule is O=C(Oc1ccccc1Cl)Oc1ccccc1Cl. The van der Waals surface area contributed by atoms with Crippen LogP contribution in [0.2, 0.25) is 10.0 Å². The van der Waals surface area contributed by atoms with Crippen molar-refractivity contribution in [2.45, 2.75) is 0 Å². The summed E-state index contributed by atoms with van der Waals surface area (Å²) in [7, 11) is 0. The average Bonchev–Trinajstić information content (AvgIpc) is 2.35. The van der Waals surface area contributed by atoms with E-state index in [2.05, 4.69) is 0 Å². The molecule has 0 amide bonds. The van der Waals surface area contributed by atoms with Gasteiger partial charge in [0, 0.05) is 0 Å². The van der Waals surface area contributed by atoms with E-state index in [1.54, 1.807) is 48.5 Å². The number of carbonyl (C=O) groups excluding carboxylic acids is 1. The minimum atomic E-state index is -0.892. The lowest BCUT2D eigenvalue weighted by atomic mass is 10.3. The summed E-state index contributed by atoms with van der Waals surface area (Å²) in [5.41, 5.74) is 0. The Labute approximate surface area is 114 Å². The van der Waals surface area contributed by atoms with E-state index in [1.807, 2.05) is 0 Å². The van der Waals surface area contributed by atoms with Crippen LogP contribution in [0.4, 0.5) is 4.79 Å². The van der Waals surface area contributed by atoms with Crippen molar-refractivity contribution in [2.75, 3.05) is 0 Å². The lowest BCUT2D eigenvalue weighted by Crippen LogP contribution is -2.14. The van der Waals surface area contributed by atoms with Gasteiger partial charge in [0.25, 0.3) is 0 Å². The van der Waals surface area contributed by atoms with E-state index in [-0.39, 0.29) is 11.5 Å². The molecule has 3 nitrogen and oxygen atoms in total. The van der Waals surface area contributed by atoms with Crippen molar-refractivity contribution in [3.63, 3.8) is 0 Å². The van der Waals surface area contributed by atoms with Gasteiger partial charge in [0.05, 0.1) is 10.0 Å². The monoisotopic (exact) mass is 282 g/mol. The molecule has 0 spiro atoms. The van der Waals surface area contributed by atoms with Gasteiger partial charge < -0.3 is 9.47 Å². The predicted molar refractivity (Wildman–Crippen MR) is 69.6 cm³/mol. The van der Waals surface area contributed by atoms with Crippen molar-refractivity contribution in [1.82, 2.24) is 0 Å². The molecule has 92 valence electrons. The zero-order chi connectivity index (χ0) is 13.0. The summed E-state index contributed by atoms with van der Waals surface area (Å²) in [4.78, 5) is 11.5. The molecule has 0 heterocycles. The summed E-state index contributed by atoms with van der Waals surface area (Å²) >= 11 is 11.7. The predicted octanol–water partition coefficient (Wildman–Crippen LogP) is 4.57. The molecule has 0 aliphatic heterocycles. The smallest absolute Gasteiger partial charge is 0.393 e. The third-order valence-electron chi connectivity index (χ3n) is 2.06. The van der Waals surface area contributed by atoms with Crippen LogP contribution in [0.1, 0.15) is 0 Å². The van der Waals surface area contributed by atoms with Crippen molar-refractivity contribution in [3.05, 3.63) is 58.6 Å². The molecule has 0 saturated heterocycles. The highest BCUT2D eigenvalue weighted by Crippen LogP contribution is 2.26. The fourth-order valence-electron chi connectivity index (χ4n) is 1.26. The van der Waals surface area contributed by atoms with Crippen LogP contribution >= 0.6 is 23.2 Å². The van der Waals surface area contributed by atoms with E-state index in [0.29, 0.717) is 10.0 Å². The van der Waals surface area contributed by atoms with Gasteiger partial charge in [-0.25, -0.2) is 4.79 Å². The number of carbonyl (C=O) groups is 1. The number of hydrogen-bond acceptors (Lipinski definition) is 3. The third-order valence-corrected chi connectivity index (χ3v) is 2.68. The first-order valence-corrected chi connectivity index (χ1v) is 5.81. The van der Waals surface area contributed by atoms with E-state index in [1.165, 1.54) is 0 Å². The molecule has 0 atom stereocenters. The summed E-state index contributed by atoms with van der Waals surface area (Å²) in [6.07, 6.45) is -0.892. The highest BCUT2D eigenvalue weighted by atomic mass is 35.5. The van der Waals surface area contributed by atoms with E-state index in [9.17, 15) is 4.79 Å². The van der Waals surface area contributed by atoms with Crippen LogP contribution < -0.4 is 9.47 Å². The topological polar surface area (TPSA) is 35.5 Å². The van der Waals surface area contributed by atoms with Crippen LogP contribution in [0.5, 0.6) is 11.5 Å². The van der Waals surface area contributed by atoms with E-state index >= 15 is 0 Å². The molecule has 0 fully saturated rings. The van der Waals surface area contributed by atoms with Gasteiger partial charge in [-0.1, -0.05) is 47.5 Å². The molecule has 0 N–H and O–H groups in total. The summed E-state index contributed by atoms with van der Waals surface area (Å²) in [6, 6.07) is 13.2. The molecule has 0 saturated carbocycles. The van der Waals surface area contributed by atoms with Crippen LogP contribution in [0.25, 0.3) is 0 Å². The Balaban J connectivity index is 2.06. The summed E-state index contributed by atoms with van der Waals surface area (Å²) in [5, 5.41) is 0.655. The second-order valence-electron chi connectivity index (χ2n) is 3.31. The first-order chi connectivity index (χ1) is 8.66. The van der Waals surface area contributed by atoms with Gasteiger partial charge >= 0.3 is 6.16 Å². The normalized spacial score (nSPS) is 9.89. The lowest BCUT2D eigenvalue weighted by molar-refractivity contribution is 0.152. The number of ether oxygens (including phenoxy) is 2. The van der Waals surface area contributed by atoms with Gasteiger partial charge in [-0.15, -0.1) is 0 Å². The highest BCUT2D eigenvalue weighted by Gasteiger charge is 2.11. The molecular formula is C13H8Cl2O3. The molecule has 0 bridgehead atoms. The van der Waals surface area contributed by atoms with Crippen LogP contribution in [0.15, 0.2) is 48.5 Å². The number of hydrogen-bond donors (Lipinski definition) is 0. The summed E-state index contributed by atoms with van der Waals surface area (Å²) in [6.45, 7) is 0. The number of benzene rings is 2. The standard InChI is InChI=1S/C13H8Cl2O3/c14-9-5-1-3-7-11(9)17-13(16)18-12-8-4-2-6-10(12)15/h1-8H. The Hall–Kier alpha value is -1.71. The zero-order valence-corrected chi connectivity index (χ0v) is 10.6. The van der Waals surface area contributed by atoms with E-state index < -0.39 is 6.16 Å². The minimum absolute atomic E-state index is 0.233. The first-order valence-electron chi connectivity index (χ1n) is 5.05. The fraction of sp³-hybridized carbons (Fsp3) is 0. The maximum Gasteiger partial charge on any atom is 0.519 e. The molecular weight excluding hydrogens is 275 g/mol. The number of rotatable bonds is 2. The van der Waals surface area contributed by atoms with Crippen molar-refractivity contribution < 1.29 is 14.3 Å². The Morgan fingerprint density at radius 2 is 1.17 bits per heavy atom. The second kappa shape index (κ2) is 5.76. The van der Waals surface area contributed by atoms with E-state index in [0.717, 1.165) is 0 Å². The van der Waals surface area contributed by atoms with Crippen LogP contribution in [-0.2, 0) is 0 Å². The Morgan fingerprint density at radius 1 is 0.778 bits per heavy atom. The third kappa shape index (κ3) is 3.15. The van der Waals surface area contributed by atoms with Crippen LogP contribution in [0, 0.1) is 0 Å². The van der Waals surface area contributed by atoms with Crippen molar-refractivity contribution in [2.24, 2.45) is 0 Å².